The van der Waals surface area contributed by atoms with Crippen LogP contribution in [0.3, 0.4) is 0 Å². The smallest absolute Gasteiger partial charge is 0.262 e. The second-order valence-electron chi connectivity index (χ2n) is 12.9. The lowest BCUT2D eigenvalue weighted by molar-refractivity contribution is -0.119. The zero-order valence-corrected chi connectivity index (χ0v) is 23.8. The molecule has 2 aromatic rings. The molecule has 2 N–H and O–H groups in total. The average molecular weight is 527 g/mol. The number of hydrogen-bond donors (Lipinski definition) is 2. The van der Waals surface area contributed by atoms with Gasteiger partial charge in [-0.1, -0.05) is 45.9 Å². The standard InChI is InChI=1S/C33H38N2O4/c1-19-10-11-22(12-20(19)2)34-28(38)18-39-23-9-7-8-21(13-23)29-30-24(14-32(3,4)16-26(30)36)35-25-15-33(5,6)17-27(37)31(25)29/h7-13,29,35H,14-18H2,1-6H3,(H,34,38). The third-order valence-corrected chi connectivity index (χ3v) is 8.07. The van der Waals surface area contributed by atoms with E-state index in [4.69, 9.17) is 4.74 Å². The topological polar surface area (TPSA) is 84.5 Å². The summed E-state index contributed by atoms with van der Waals surface area (Å²) in [5.41, 5.74) is 6.81. The highest BCUT2D eigenvalue weighted by Crippen LogP contribution is 2.51. The number of dihydropyridines is 1. The van der Waals surface area contributed by atoms with E-state index in [1.807, 2.05) is 50.2 Å². The fraction of sp³-hybridized carbons (Fsp3) is 0.424. The molecular formula is C33H38N2O4. The van der Waals surface area contributed by atoms with Crippen molar-refractivity contribution >= 4 is 23.2 Å². The van der Waals surface area contributed by atoms with Crippen molar-refractivity contribution in [2.45, 2.75) is 73.1 Å². The number of aryl methyl sites for hydroxylation is 2. The summed E-state index contributed by atoms with van der Waals surface area (Å²) in [6.07, 6.45) is 2.40. The Morgan fingerprint density at radius 1 is 0.872 bits per heavy atom. The molecule has 0 fully saturated rings. The molecule has 0 atom stereocenters. The Morgan fingerprint density at radius 3 is 2.08 bits per heavy atom. The van der Waals surface area contributed by atoms with Crippen LogP contribution in [-0.4, -0.2) is 24.1 Å². The highest BCUT2D eigenvalue weighted by molar-refractivity contribution is 6.06. The predicted octanol–water partition coefficient (Wildman–Crippen LogP) is 6.29. The van der Waals surface area contributed by atoms with Crippen molar-refractivity contribution in [2.24, 2.45) is 10.8 Å². The minimum Gasteiger partial charge on any atom is -0.484 e. The van der Waals surface area contributed by atoms with Crippen molar-refractivity contribution in [2.75, 3.05) is 11.9 Å². The lowest BCUT2D eigenvalue weighted by Crippen LogP contribution is -2.42. The molecule has 2 aromatic carbocycles. The number of allylic oxidation sites excluding steroid dienone is 4. The number of rotatable bonds is 5. The first-order valence-corrected chi connectivity index (χ1v) is 13.7. The fourth-order valence-corrected chi connectivity index (χ4v) is 6.17. The third-order valence-electron chi connectivity index (χ3n) is 8.07. The fourth-order valence-electron chi connectivity index (χ4n) is 6.17. The highest BCUT2D eigenvalue weighted by atomic mass is 16.5. The summed E-state index contributed by atoms with van der Waals surface area (Å²) in [4.78, 5) is 39.7. The molecule has 0 unspecified atom stereocenters. The molecule has 5 rings (SSSR count). The molecule has 39 heavy (non-hydrogen) atoms. The van der Waals surface area contributed by atoms with Gasteiger partial charge in [-0.2, -0.15) is 0 Å². The predicted molar refractivity (Wildman–Crippen MR) is 152 cm³/mol. The van der Waals surface area contributed by atoms with Gasteiger partial charge in [-0.05, 0) is 78.5 Å². The Morgan fingerprint density at radius 2 is 1.49 bits per heavy atom. The largest absolute Gasteiger partial charge is 0.484 e. The molecule has 6 heteroatoms. The molecule has 0 saturated carbocycles. The van der Waals surface area contributed by atoms with E-state index in [1.54, 1.807) is 6.07 Å². The number of carbonyl (C=O) groups excluding carboxylic acids is 3. The highest BCUT2D eigenvalue weighted by Gasteiger charge is 2.46. The Balaban J connectivity index is 1.43. The number of hydrogen-bond acceptors (Lipinski definition) is 5. The van der Waals surface area contributed by atoms with Crippen LogP contribution >= 0.6 is 0 Å². The number of amides is 1. The van der Waals surface area contributed by atoms with E-state index >= 15 is 0 Å². The monoisotopic (exact) mass is 526 g/mol. The van der Waals surface area contributed by atoms with Gasteiger partial charge in [0, 0.05) is 47.0 Å². The number of Topliss-reactive ketones (excluding diaryl/α,β-unsaturated/α-hetero) is 2. The number of benzene rings is 2. The Hall–Kier alpha value is -3.67. The number of anilines is 1. The molecule has 0 aromatic heterocycles. The van der Waals surface area contributed by atoms with E-state index < -0.39 is 5.92 Å². The Labute approximate surface area is 230 Å². The van der Waals surface area contributed by atoms with E-state index in [-0.39, 0.29) is 34.9 Å². The minimum absolute atomic E-state index is 0.0852. The van der Waals surface area contributed by atoms with Crippen molar-refractivity contribution in [3.05, 3.63) is 81.7 Å². The van der Waals surface area contributed by atoms with E-state index in [2.05, 4.69) is 38.3 Å². The van der Waals surface area contributed by atoms with Gasteiger partial charge in [0.25, 0.3) is 5.91 Å². The summed E-state index contributed by atoms with van der Waals surface area (Å²) in [6, 6.07) is 13.3. The van der Waals surface area contributed by atoms with Gasteiger partial charge >= 0.3 is 0 Å². The van der Waals surface area contributed by atoms with E-state index in [9.17, 15) is 14.4 Å². The molecular weight excluding hydrogens is 488 g/mol. The molecule has 0 bridgehead atoms. The van der Waals surface area contributed by atoms with Gasteiger partial charge in [0.15, 0.2) is 18.2 Å². The SMILES string of the molecule is Cc1ccc(NC(=O)COc2cccc(C3C4=C(CC(C)(C)CC4=O)NC4=C3C(=O)CC(C)(C)C4)c2)cc1C. The van der Waals surface area contributed by atoms with Crippen LogP contribution in [0.25, 0.3) is 0 Å². The molecule has 1 heterocycles. The van der Waals surface area contributed by atoms with Crippen molar-refractivity contribution in [1.82, 2.24) is 5.32 Å². The minimum atomic E-state index is -0.434. The lowest BCUT2D eigenvalue weighted by atomic mass is 9.64. The molecule has 0 radical (unpaired) electrons. The van der Waals surface area contributed by atoms with E-state index in [1.165, 1.54) is 0 Å². The first-order chi connectivity index (χ1) is 18.3. The van der Waals surface area contributed by atoms with Crippen molar-refractivity contribution < 1.29 is 19.1 Å². The molecule has 2 aliphatic carbocycles. The summed E-state index contributed by atoms with van der Waals surface area (Å²) in [7, 11) is 0. The maximum absolute atomic E-state index is 13.5. The molecule has 204 valence electrons. The van der Waals surface area contributed by atoms with Crippen LogP contribution in [0.5, 0.6) is 5.75 Å². The van der Waals surface area contributed by atoms with Gasteiger partial charge in [-0.15, -0.1) is 0 Å². The second kappa shape index (κ2) is 9.82. The first-order valence-electron chi connectivity index (χ1n) is 13.7. The molecule has 0 saturated heterocycles. The number of ketones is 2. The Kier molecular flexibility index (Phi) is 6.78. The van der Waals surface area contributed by atoms with Crippen LogP contribution < -0.4 is 15.4 Å². The molecule has 6 nitrogen and oxygen atoms in total. The van der Waals surface area contributed by atoms with Crippen molar-refractivity contribution in [3.63, 3.8) is 0 Å². The van der Waals surface area contributed by atoms with Gasteiger partial charge < -0.3 is 15.4 Å². The summed E-state index contributed by atoms with van der Waals surface area (Å²) in [6.45, 7) is 12.3. The zero-order chi connectivity index (χ0) is 28.1. The van der Waals surface area contributed by atoms with Crippen LogP contribution in [0.1, 0.15) is 76.0 Å². The van der Waals surface area contributed by atoms with Gasteiger partial charge in [0.05, 0.1) is 0 Å². The zero-order valence-electron chi connectivity index (χ0n) is 23.8. The molecule has 3 aliphatic rings. The summed E-state index contributed by atoms with van der Waals surface area (Å²) in [5.74, 6) is 0.00745. The maximum atomic E-state index is 13.5. The summed E-state index contributed by atoms with van der Waals surface area (Å²) >= 11 is 0. The summed E-state index contributed by atoms with van der Waals surface area (Å²) < 4.78 is 5.89. The maximum Gasteiger partial charge on any atom is 0.262 e. The van der Waals surface area contributed by atoms with Gasteiger partial charge in [-0.25, -0.2) is 0 Å². The van der Waals surface area contributed by atoms with Crippen LogP contribution in [0.15, 0.2) is 65.0 Å². The van der Waals surface area contributed by atoms with Crippen molar-refractivity contribution in [1.29, 1.82) is 0 Å². The number of ether oxygens (including phenoxy) is 1. The normalized spacial score (nSPS) is 20.3. The van der Waals surface area contributed by atoms with E-state index in [0.29, 0.717) is 29.7 Å². The average Bonchev–Trinajstić information content (AvgIpc) is 2.82. The summed E-state index contributed by atoms with van der Waals surface area (Å²) in [5, 5.41) is 6.43. The van der Waals surface area contributed by atoms with Crippen LogP contribution in [0, 0.1) is 24.7 Å². The quantitative estimate of drug-likeness (QED) is 0.478. The third kappa shape index (κ3) is 5.56. The first kappa shape index (κ1) is 26.9. The number of carbonyl (C=O) groups is 3. The Bertz CT molecular complexity index is 1390. The second-order valence-corrected chi connectivity index (χ2v) is 12.9. The molecule has 0 spiro atoms. The van der Waals surface area contributed by atoms with Crippen LogP contribution in [0.4, 0.5) is 5.69 Å². The number of nitrogens with one attached hydrogen (secondary N) is 2. The molecule has 1 amide bonds. The van der Waals surface area contributed by atoms with E-state index in [0.717, 1.165) is 46.6 Å². The molecule has 1 aliphatic heterocycles. The van der Waals surface area contributed by atoms with Gasteiger partial charge in [0.1, 0.15) is 5.75 Å². The van der Waals surface area contributed by atoms with Gasteiger partial charge in [0.2, 0.25) is 0 Å². The van der Waals surface area contributed by atoms with Crippen molar-refractivity contribution in [3.8, 4) is 5.75 Å². The lowest BCUT2D eigenvalue weighted by Gasteiger charge is -2.44. The van der Waals surface area contributed by atoms with Gasteiger partial charge in [-0.3, -0.25) is 14.4 Å². The van der Waals surface area contributed by atoms with Crippen LogP contribution in [0.2, 0.25) is 0 Å². The van der Waals surface area contributed by atoms with Crippen LogP contribution in [-0.2, 0) is 14.4 Å².